The number of aromatic nitrogens is 3. The van der Waals surface area contributed by atoms with Gasteiger partial charge in [0, 0.05) is 24.8 Å². The van der Waals surface area contributed by atoms with Crippen LogP contribution in [0.3, 0.4) is 0 Å². The smallest absolute Gasteiger partial charge is 0.191 e. The number of rotatable bonds is 7. The topological polar surface area (TPSA) is 47.8 Å². The summed E-state index contributed by atoms with van der Waals surface area (Å²) in [5, 5.41) is 11.4. The van der Waals surface area contributed by atoms with Crippen molar-refractivity contribution >= 4 is 28.9 Å². The molecule has 0 atom stereocenters. The first-order valence-electron chi connectivity index (χ1n) is 7.81. The molecule has 2 aromatic heterocycles. The lowest BCUT2D eigenvalue weighted by atomic mass is 10.1. The predicted octanol–water partition coefficient (Wildman–Crippen LogP) is 4.61. The number of hydrogen-bond acceptors (Lipinski definition) is 5. The number of benzene rings is 1. The van der Waals surface area contributed by atoms with E-state index in [2.05, 4.69) is 29.3 Å². The molecule has 0 aliphatic carbocycles. The normalized spacial score (nSPS) is 10.9. The molecule has 0 radical (unpaired) electrons. The maximum atomic E-state index is 12.0. The first kappa shape index (κ1) is 16.9. The van der Waals surface area contributed by atoms with E-state index in [1.807, 2.05) is 41.3 Å². The van der Waals surface area contributed by atoms with E-state index >= 15 is 0 Å². The Morgan fingerprint density at radius 1 is 1.21 bits per heavy atom. The number of Topliss-reactive ketones (excluding diaryl/α,β-unsaturated/α-hetero) is 1. The van der Waals surface area contributed by atoms with Crippen molar-refractivity contribution in [2.24, 2.45) is 7.05 Å². The second kappa shape index (κ2) is 7.77. The molecule has 0 N–H and O–H groups in total. The maximum absolute atomic E-state index is 12.0. The molecule has 0 aliphatic rings. The number of carbonyl (C=O) groups is 1. The molecule has 0 saturated carbocycles. The number of thioether (sulfide) groups is 1. The zero-order chi connectivity index (χ0) is 16.9. The van der Waals surface area contributed by atoms with Crippen LogP contribution < -0.4 is 0 Å². The molecule has 1 aromatic carbocycles. The average Bonchev–Trinajstić information content (AvgIpc) is 3.23. The second-order valence-corrected chi connectivity index (χ2v) is 7.54. The van der Waals surface area contributed by atoms with E-state index in [9.17, 15) is 4.79 Å². The predicted molar refractivity (Wildman–Crippen MR) is 99.8 cm³/mol. The number of carbonyl (C=O) groups excluding carboxylic acids is 1. The van der Waals surface area contributed by atoms with Gasteiger partial charge < -0.3 is 4.57 Å². The van der Waals surface area contributed by atoms with Crippen LogP contribution in [0.15, 0.2) is 46.9 Å². The van der Waals surface area contributed by atoms with Crippen LogP contribution in [0.25, 0.3) is 11.4 Å². The highest BCUT2D eigenvalue weighted by Crippen LogP contribution is 2.25. The number of thiophene rings is 1. The quantitative estimate of drug-likeness (QED) is 0.352. The van der Waals surface area contributed by atoms with E-state index in [-0.39, 0.29) is 5.78 Å². The monoisotopic (exact) mass is 357 g/mol. The summed E-state index contributed by atoms with van der Waals surface area (Å²) in [7, 11) is 1.99. The Balaban J connectivity index is 1.57. The zero-order valence-corrected chi connectivity index (χ0v) is 15.4. The van der Waals surface area contributed by atoms with Gasteiger partial charge in [0.1, 0.15) is 0 Å². The fraction of sp³-hybridized carbons (Fsp3) is 0.278. The number of ketones is 1. The van der Waals surface area contributed by atoms with Crippen LogP contribution in [0.1, 0.15) is 28.1 Å². The van der Waals surface area contributed by atoms with Gasteiger partial charge in [0.2, 0.25) is 0 Å². The molecule has 3 aromatic rings. The summed E-state index contributed by atoms with van der Waals surface area (Å²) in [6.45, 7) is 2.08. The van der Waals surface area contributed by atoms with Crippen LogP contribution in [0.4, 0.5) is 0 Å². The first-order chi connectivity index (χ1) is 11.7. The van der Waals surface area contributed by atoms with Gasteiger partial charge in [-0.05, 0) is 30.4 Å². The minimum atomic E-state index is 0.226. The molecule has 0 spiro atoms. The molecule has 24 heavy (non-hydrogen) atoms. The van der Waals surface area contributed by atoms with E-state index in [0.717, 1.165) is 33.6 Å². The van der Waals surface area contributed by atoms with Gasteiger partial charge in [0.05, 0.1) is 4.88 Å². The van der Waals surface area contributed by atoms with Gasteiger partial charge in [-0.2, -0.15) is 0 Å². The minimum Gasteiger partial charge on any atom is -0.305 e. The van der Waals surface area contributed by atoms with E-state index in [1.54, 1.807) is 11.8 Å². The Hall–Kier alpha value is -1.92. The van der Waals surface area contributed by atoms with Gasteiger partial charge in [0.25, 0.3) is 0 Å². The molecule has 4 nitrogen and oxygen atoms in total. The average molecular weight is 358 g/mol. The number of nitrogens with zero attached hydrogens (tertiary/aromatic N) is 3. The zero-order valence-electron chi connectivity index (χ0n) is 13.7. The molecule has 3 rings (SSSR count). The molecule has 124 valence electrons. The fourth-order valence-corrected chi connectivity index (χ4v) is 4.00. The van der Waals surface area contributed by atoms with Crippen molar-refractivity contribution < 1.29 is 4.79 Å². The number of hydrogen-bond donors (Lipinski definition) is 0. The standard InChI is InChI=1S/C18H19N3OS2/c1-13-7-3-4-8-14(13)17-19-20-18(21(17)2)24-12-5-9-15(22)16-10-6-11-23-16/h3-4,6-8,10-11H,5,9,12H2,1-2H3. The van der Waals surface area contributed by atoms with Crippen LogP contribution in [-0.4, -0.2) is 26.3 Å². The first-order valence-corrected chi connectivity index (χ1v) is 9.68. The highest BCUT2D eigenvalue weighted by atomic mass is 32.2. The van der Waals surface area contributed by atoms with Crippen molar-refractivity contribution in [3.8, 4) is 11.4 Å². The second-order valence-electron chi connectivity index (χ2n) is 5.53. The summed E-state index contributed by atoms with van der Waals surface area (Å²) in [6.07, 6.45) is 1.42. The Morgan fingerprint density at radius 2 is 2.04 bits per heavy atom. The summed E-state index contributed by atoms with van der Waals surface area (Å²) in [5.74, 6) is 1.96. The van der Waals surface area contributed by atoms with Gasteiger partial charge in [-0.25, -0.2) is 0 Å². The van der Waals surface area contributed by atoms with Crippen LogP contribution in [-0.2, 0) is 7.05 Å². The molecular formula is C18H19N3OS2. The van der Waals surface area contributed by atoms with Crippen LogP contribution in [0.5, 0.6) is 0 Å². The van der Waals surface area contributed by atoms with Gasteiger partial charge in [0.15, 0.2) is 16.8 Å². The van der Waals surface area contributed by atoms with Crippen molar-refractivity contribution in [3.05, 3.63) is 52.2 Å². The molecule has 0 fully saturated rings. The molecule has 0 aliphatic heterocycles. The highest BCUT2D eigenvalue weighted by molar-refractivity contribution is 7.99. The van der Waals surface area contributed by atoms with E-state index < -0.39 is 0 Å². The lowest BCUT2D eigenvalue weighted by Gasteiger charge is -2.06. The summed E-state index contributed by atoms with van der Waals surface area (Å²) in [5.41, 5.74) is 2.29. The van der Waals surface area contributed by atoms with Gasteiger partial charge >= 0.3 is 0 Å². The van der Waals surface area contributed by atoms with Crippen molar-refractivity contribution in [2.75, 3.05) is 5.75 Å². The summed E-state index contributed by atoms with van der Waals surface area (Å²) >= 11 is 3.16. The maximum Gasteiger partial charge on any atom is 0.191 e. The molecular weight excluding hydrogens is 338 g/mol. The lowest BCUT2D eigenvalue weighted by molar-refractivity contribution is 0.0986. The van der Waals surface area contributed by atoms with Crippen molar-refractivity contribution in [3.63, 3.8) is 0 Å². The van der Waals surface area contributed by atoms with E-state index in [4.69, 9.17) is 0 Å². The Bertz CT molecular complexity index is 825. The summed E-state index contributed by atoms with van der Waals surface area (Å²) in [4.78, 5) is 12.8. The van der Waals surface area contributed by atoms with Gasteiger partial charge in [-0.15, -0.1) is 21.5 Å². The van der Waals surface area contributed by atoms with Crippen molar-refractivity contribution in [1.29, 1.82) is 0 Å². The Morgan fingerprint density at radius 3 is 2.79 bits per heavy atom. The third-order valence-corrected chi connectivity index (χ3v) is 5.81. The number of aryl methyl sites for hydroxylation is 1. The Kier molecular flexibility index (Phi) is 5.48. The molecule has 6 heteroatoms. The van der Waals surface area contributed by atoms with Crippen molar-refractivity contribution in [1.82, 2.24) is 14.8 Å². The lowest BCUT2D eigenvalue weighted by Crippen LogP contribution is -1.98. The minimum absolute atomic E-state index is 0.226. The molecule has 0 bridgehead atoms. The Labute approximate surface area is 149 Å². The molecule has 0 unspecified atom stereocenters. The van der Waals surface area contributed by atoms with Crippen LogP contribution >= 0.6 is 23.1 Å². The third-order valence-electron chi connectivity index (χ3n) is 3.80. The van der Waals surface area contributed by atoms with E-state index in [0.29, 0.717) is 6.42 Å². The van der Waals surface area contributed by atoms with Crippen molar-refractivity contribution in [2.45, 2.75) is 24.9 Å². The fourth-order valence-electron chi connectivity index (χ4n) is 2.46. The SMILES string of the molecule is Cc1ccccc1-c1nnc(SCCCC(=O)c2cccs2)n1C. The largest absolute Gasteiger partial charge is 0.305 e. The third kappa shape index (κ3) is 3.76. The summed E-state index contributed by atoms with van der Waals surface area (Å²) < 4.78 is 2.02. The van der Waals surface area contributed by atoms with E-state index in [1.165, 1.54) is 16.9 Å². The summed E-state index contributed by atoms with van der Waals surface area (Å²) in [6, 6.07) is 12.0. The highest BCUT2D eigenvalue weighted by Gasteiger charge is 2.13. The van der Waals surface area contributed by atoms with Crippen LogP contribution in [0.2, 0.25) is 0 Å². The molecule has 0 amide bonds. The van der Waals surface area contributed by atoms with Crippen LogP contribution in [0, 0.1) is 6.92 Å². The molecule has 2 heterocycles. The van der Waals surface area contributed by atoms with Gasteiger partial charge in [-0.1, -0.05) is 42.1 Å². The molecule has 0 saturated heterocycles. The van der Waals surface area contributed by atoms with Gasteiger partial charge in [-0.3, -0.25) is 4.79 Å².